The second-order valence-electron chi connectivity index (χ2n) is 5.27. The van der Waals surface area contributed by atoms with E-state index < -0.39 is 0 Å². The number of pyridine rings is 1. The first kappa shape index (κ1) is 12.7. The summed E-state index contributed by atoms with van der Waals surface area (Å²) in [5.74, 6) is -0.114. The molecule has 20 heavy (non-hydrogen) atoms. The maximum absolute atomic E-state index is 12.7. The number of nitrogens with zero attached hydrogens (tertiary/aromatic N) is 1. The standard InChI is InChI=1S/C16H16N2O2/c1-10-7-13(9-15(19)17-10)16(20)18-11(2)8-12-5-3-4-6-14(12)18/h3-7,9,11H,8H2,1-2H3,(H,17,19). The number of anilines is 1. The number of carbonyl (C=O) groups excluding carboxylic acids is 1. The van der Waals surface area contributed by atoms with Crippen molar-refractivity contribution in [2.45, 2.75) is 26.3 Å². The summed E-state index contributed by atoms with van der Waals surface area (Å²) in [6.07, 6.45) is 0.851. The van der Waals surface area contributed by atoms with Gasteiger partial charge >= 0.3 is 0 Å². The Morgan fingerprint density at radius 3 is 2.80 bits per heavy atom. The molecule has 0 fully saturated rings. The highest BCUT2D eigenvalue weighted by atomic mass is 16.2. The van der Waals surface area contributed by atoms with Crippen LogP contribution in [0, 0.1) is 6.92 Å². The highest BCUT2D eigenvalue weighted by Crippen LogP contribution is 2.32. The largest absolute Gasteiger partial charge is 0.326 e. The fourth-order valence-electron chi connectivity index (χ4n) is 2.82. The van der Waals surface area contributed by atoms with Crippen LogP contribution >= 0.6 is 0 Å². The molecule has 1 aliphatic heterocycles. The van der Waals surface area contributed by atoms with E-state index in [-0.39, 0.29) is 17.5 Å². The summed E-state index contributed by atoms with van der Waals surface area (Å²) in [5.41, 5.74) is 3.02. The molecule has 0 bridgehead atoms. The SMILES string of the molecule is Cc1cc(C(=O)N2c3ccccc3CC2C)cc(=O)[nH]1. The average Bonchev–Trinajstić information content (AvgIpc) is 2.72. The second-order valence-corrected chi connectivity index (χ2v) is 5.27. The van der Waals surface area contributed by atoms with E-state index in [1.54, 1.807) is 17.9 Å². The number of rotatable bonds is 1. The van der Waals surface area contributed by atoms with Crippen molar-refractivity contribution in [3.8, 4) is 0 Å². The second kappa shape index (κ2) is 4.63. The number of aromatic amines is 1. The summed E-state index contributed by atoms with van der Waals surface area (Å²) in [5, 5.41) is 0. The van der Waals surface area contributed by atoms with Gasteiger partial charge in [0, 0.05) is 29.1 Å². The predicted octanol–water partition coefficient (Wildman–Crippen LogP) is 2.27. The Kier molecular flexibility index (Phi) is 2.93. The maximum Gasteiger partial charge on any atom is 0.258 e. The zero-order valence-electron chi connectivity index (χ0n) is 11.5. The van der Waals surface area contributed by atoms with Crippen LogP contribution in [0.4, 0.5) is 5.69 Å². The summed E-state index contributed by atoms with van der Waals surface area (Å²) >= 11 is 0. The van der Waals surface area contributed by atoms with Gasteiger partial charge in [0.1, 0.15) is 0 Å². The van der Waals surface area contributed by atoms with Gasteiger partial charge in [0.15, 0.2) is 0 Å². The van der Waals surface area contributed by atoms with E-state index in [0.717, 1.165) is 12.1 Å². The fourth-order valence-corrected chi connectivity index (χ4v) is 2.82. The monoisotopic (exact) mass is 268 g/mol. The van der Waals surface area contributed by atoms with Crippen molar-refractivity contribution in [2.24, 2.45) is 0 Å². The Hall–Kier alpha value is -2.36. The number of hydrogen-bond donors (Lipinski definition) is 1. The molecule has 1 unspecified atom stereocenters. The number of fused-ring (bicyclic) bond motifs is 1. The molecule has 0 aliphatic carbocycles. The third-order valence-corrected chi connectivity index (χ3v) is 3.65. The van der Waals surface area contributed by atoms with E-state index in [1.807, 2.05) is 31.2 Å². The van der Waals surface area contributed by atoms with E-state index in [4.69, 9.17) is 0 Å². The molecule has 0 saturated heterocycles. The number of carbonyl (C=O) groups is 1. The summed E-state index contributed by atoms with van der Waals surface area (Å²) in [6, 6.07) is 11.1. The molecule has 1 atom stereocenters. The first-order valence-electron chi connectivity index (χ1n) is 6.68. The molecule has 0 saturated carbocycles. The molecular formula is C16H16N2O2. The molecule has 1 amide bonds. The van der Waals surface area contributed by atoms with Crippen LogP contribution in [0.3, 0.4) is 0 Å². The summed E-state index contributed by atoms with van der Waals surface area (Å²) < 4.78 is 0. The zero-order chi connectivity index (χ0) is 14.3. The number of para-hydroxylation sites is 1. The fraction of sp³-hybridized carbons (Fsp3) is 0.250. The van der Waals surface area contributed by atoms with Crippen molar-refractivity contribution in [2.75, 3.05) is 4.90 Å². The molecule has 4 nitrogen and oxygen atoms in total. The summed E-state index contributed by atoms with van der Waals surface area (Å²) in [6.45, 7) is 3.80. The number of aromatic nitrogens is 1. The molecule has 102 valence electrons. The predicted molar refractivity (Wildman–Crippen MR) is 78.2 cm³/mol. The summed E-state index contributed by atoms with van der Waals surface area (Å²) in [4.78, 5) is 28.7. The van der Waals surface area contributed by atoms with Crippen LogP contribution in [0.5, 0.6) is 0 Å². The maximum atomic E-state index is 12.7. The minimum absolute atomic E-state index is 0.111. The molecule has 1 aromatic carbocycles. The smallest absolute Gasteiger partial charge is 0.258 e. The topological polar surface area (TPSA) is 53.2 Å². The minimum Gasteiger partial charge on any atom is -0.326 e. The van der Waals surface area contributed by atoms with Gasteiger partial charge < -0.3 is 9.88 Å². The van der Waals surface area contributed by atoms with Gasteiger partial charge in [-0.3, -0.25) is 9.59 Å². The van der Waals surface area contributed by atoms with Gasteiger partial charge in [0.25, 0.3) is 5.91 Å². The highest BCUT2D eigenvalue weighted by molar-refractivity contribution is 6.07. The van der Waals surface area contributed by atoms with Crippen molar-refractivity contribution < 1.29 is 4.79 Å². The Balaban J connectivity index is 2.04. The summed E-state index contributed by atoms with van der Waals surface area (Å²) in [7, 11) is 0. The van der Waals surface area contributed by atoms with E-state index in [2.05, 4.69) is 4.98 Å². The van der Waals surface area contributed by atoms with Gasteiger partial charge in [-0.2, -0.15) is 0 Å². The lowest BCUT2D eigenvalue weighted by molar-refractivity contribution is 0.0981. The van der Waals surface area contributed by atoms with Crippen molar-refractivity contribution in [1.29, 1.82) is 0 Å². The first-order valence-corrected chi connectivity index (χ1v) is 6.68. The number of amides is 1. The molecule has 2 heterocycles. The lowest BCUT2D eigenvalue weighted by Crippen LogP contribution is -2.36. The van der Waals surface area contributed by atoms with Crippen molar-refractivity contribution >= 4 is 11.6 Å². The lowest BCUT2D eigenvalue weighted by Gasteiger charge is -2.22. The molecule has 1 aliphatic rings. The van der Waals surface area contributed by atoms with E-state index >= 15 is 0 Å². The van der Waals surface area contributed by atoms with Crippen molar-refractivity contribution in [3.05, 3.63) is 63.6 Å². The molecule has 3 rings (SSSR count). The molecule has 1 N–H and O–H groups in total. The van der Waals surface area contributed by atoms with Gasteiger partial charge in [-0.05, 0) is 38.0 Å². The third-order valence-electron chi connectivity index (χ3n) is 3.65. The van der Waals surface area contributed by atoms with Gasteiger partial charge in [-0.15, -0.1) is 0 Å². The van der Waals surface area contributed by atoms with E-state index in [1.165, 1.54) is 11.6 Å². The number of aryl methyl sites for hydroxylation is 1. The Morgan fingerprint density at radius 2 is 2.05 bits per heavy atom. The molecular weight excluding hydrogens is 252 g/mol. The Bertz CT molecular complexity index is 733. The molecule has 0 radical (unpaired) electrons. The Morgan fingerprint density at radius 1 is 1.30 bits per heavy atom. The quantitative estimate of drug-likeness (QED) is 0.862. The van der Waals surface area contributed by atoms with Crippen LogP contribution in [0.15, 0.2) is 41.2 Å². The average molecular weight is 268 g/mol. The Labute approximate surface area is 117 Å². The van der Waals surface area contributed by atoms with E-state index in [9.17, 15) is 9.59 Å². The highest BCUT2D eigenvalue weighted by Gasteiger charge is 2.31. The number of benzene rings is 1. The van der Waals surface area contributed by atoms with Crippen LogP contribution in [0.25, 0.3) is 0 Å². The lowest BCUT2D eigenvalue weighted by atomic mass is 10.1. The first-order chi connectivity index (χ1) is 9.56. The number of hydrogen-bond acceptors (Lipinski definition) is 2. The van der Waals surface area contributed by atoms with Gasteiger partial charge in [0.05, 0.1) is 0 Å². The molecule has 0 spiro atoms. The molecule has 2 aromatic rings. The van der Waals surface area contributed by atoms with Crippen LogP contribution in [-0.2, 0) is 6.42 Å². The van der Waals surface area contributed by atoms with Crippen LogP contribution in [0.1, 0.15) is 28.5 Å². The van der Waals surface area contributed by atoms with Crippen LogP contribution < -0.4 is 10.5 Å². The van der Waals surface area contributed by atoms with Gasteiger partial charge in [0.2, 0.25) is 5.56 Å². The van der Waals surface area contributed by atoms with Crippen molar-refractivity contribution in [1.82, 2.24) is 4.98 Å². The third kappa shape index (κ3) is 2.03. The molecule has 4 heteroatoms. The molecule has 1 aromatic heterocycles. The number of H-pyrrole nitrogens is 1. The van der Waals surface area contributed by atoms with Crippen LogP contribution in [0.2, 0.25) is 0 Å². The minimum atomic E-state index is -0.242. The normalized spacial score (nSPS) is 17.1. The van der Waals surface area contributed by atoms with Gasteiger partial charge in [-0.1, -0.05) is 18.2 Å². The van der Waals surface area contributed by atoms with Gasteiger partial charge in [-0.25, -0.2) is 0 Å². The zero-order valence-corrected chi connectivity index (χ0v) is 11.5. The van der Waals surface area contributed by atoms with E-state index in [0.29, 0.717) is 11.3 Å². The number of nitrogens with one attached hydrogen (secondary N) is 1. The van der Waals surface area contributed by atoms with Crippen LogP contribution in [-0.4, -0.2) is 16.9 Å². The van der Waals surface area contributed by atoms with Crippen molar-refractivity contribution in [3.63, 3.8) is 0 Å².